The number of hydrogen-bond acceptors (Lipinski definition) is 10. The van der Waals surface area contributed by atoms with E-state index in [0.717, 1.165) is 13.1 Å². The summed E-state index contributed by atoms with van der Waals surface area (Å²) in [5.74, 6) is -1.91. The number of nitrogens with one attached hydrogen (secondary N) is 1. The summed E-state index contributed by atoms with van der Waals surface area (Å²) >= 11 is 6.02. The number of rotatable bonds is 12. The number of aliphatic hydroxyl groups is 1. The van der Waals surface area contributed by atoms with Crippen LogP contribution in [0.3, 0.4) is 0 Å². The molecule has 1 fully saturated rings. The van der Waals surface area contributed by atoms with Crippen LogP contribution in [0, 0.1) is 5.82 Å². The fourth-order valence-corrected chi connectivity index (χ4v) is 4.19. The number of nitrogens with zero attached hydrogens (tertiary/aromatic N) is 3. The maximum absolute atomic E-state index is 14.3. The Morgan fingerprint density at radius 2 is 1.95 bits per heavy atom. The summed E-state index contributed by atoms with van der Waals surface area (Å²) in [5.41, 5.74) is 4.27. The fraction of sp³-hybridized carbons (Fsp3) is 0.370. The molecule has 4 rings (SSSR count). The highest BCUT2D eigenvalue weighted by Crippen LogP contribution is 2.26. The van der Waals surface area contributed by atoms with Crippen LogP contribution in [-0.4, -0.2) is 91.3 Å². The second-order valence-electron chi connectivity index (χ2n) is 9.01. The highest BCUT2D eigenvalue weighted by molar-refractivity contribution is 6.30. The molecule has 13 heteroatoms. The quantitative estimate of drug-likeness (QED) is 0.245. The van der Waals surface area contributed by atoms with E-state index in [1.807, 2.05) is 0 Å². The number of methoxy groups -OCH3 is 1. The number of benzene rings is 2. The molecule has 2 heterocycles. The van der Waals surface area contributed by atoms with Gasteiger partial charge in [-0.25, -0.2) is 14.2 Å². The van der Waals surface area contributed by atoms with Gasteiger partial charge in [0, 0.05) is 36.8 Å². The molecule has 0 spiro atoms. The smallest absolute Gasteiger partial charge is 0.336 e. The van der Waals surface area contributed by atoms with Gasteiger partial charge in [0.15, 0.2) is 6.10 Å². The molecule has 0 saturated carbocycles. The summed E-state index contributed by atoms with van der Waals surface area (Å²) in [5, 5.41) is 15.9. The molecule has 11 nitrogen and oxygen atoms in total. The van der Waals surface area contributed by atoms with Crippen LogP contribution in [0.2, 0.25) is 5.02 Å². The Hall–Kier alpha value is -3.55. The molecule has 1 saturated heterocycles. The van der Waals surface area contributed by atoms with Crippen molar-refractivity contribution in [3.05, 3.63) is 70.7 Å². The van der Waals surface area contributed by atoms with E-state index in [1.54, 1.807) is 24.3 Å². The lowest BCUT2D eigenvalue weighted by molar-refractivity contribution is -0.155. The highest BCUT2D eigenvalue weighted by atomic mass is 35.5. The lowest BCUT2D eigenvalue weighted by Crippen LogP contribution is -2.47. The standard InChI is InChI=1S/C27H30ClFN4O7/c1-37-25-15-24(40-31-25)26(35)30-33(17-23(34)27(36)39-13-10-32-8-11-38-12-9-32)16-18-2-4-19(5-3-18)21-14-20(28)6-7-22(21)29/h2-7,14-15,23,34H,8-13,16-17H2,1H3,(H,30,35). The Morgan fingerprint density at radius 3 is 2.65 bits per heavy atom. The number of morpholine rings is 1. The first-order chi connectivity index (χ1) is 19.3. The molecular weight excluding hydrogens is 547 g/mol. The van der Waals surface area contributed by atoms with E-state index in [1.165, 1.54) is 36.4 Å². The molecule has 1 amide bonds. The molecule has 1 aliphatic rings. The fourth-order valence-electron chi connectivity index (χ4n) is 4.02. The molecule has 214 valence electrons. The number of halogens is 2. The number of ether oxygens (including phenoxy) is 3. The van der Waals surface area contributed by atoms with Crippen LogP contribution in [0.5, 0.6) is 5.88 Å². The molecule has 1 aromatic heterocycles. The normalized spacial score (nSPS) is 14.6. The number of aromatic nitrogens is 1. The van der Waals surface area contributed by atoms with Crippen molar-refractivity contribution < 1.29 is 37.8 Å². The molecule has 0 aliphatic carbocycles. The molecule has 1 atom stereocenters. The number of carbonyl (C=O) groups is 2. The molecule has 3 aromatic rings. The maximum atomic E-state index is 14.3. The van der Waals surface area contributed by atoms with E-state index in [-0.39, 0.29) is 31.3 Å². The van der Waals surface area contributed by atoms with Gasteiger partial charge in [-0.05, 0) is 34.5 Å². The number of aliphatic hydroxyl groups excluding tert-OH is 1. The van der Waals surface area contributed by atoms with Crippen molar-refractivity contribution in [2.75, 3.05) is 53.1 Å². The third-order valence-electron chi connectivity index (χ3n) is 6.17. The van der Waals surface area contributed by atoms with Crippen molar-refractivity contribution in [1.82, 2.24) is 20.5 Å². The van der Waals surface area contributed by atoms with Gasteiger partial charge in [0.1, 0.15) is 12.4 Å². The summed E-state index contributed by atoms with van der Waals surface area (Å²) in [6.45, 7) is 3.18. The Kier molecular flexibility index (Phi) is 10.4. The molecule has 2 N–H and O–H groups in total. The average molecular weight is 577 g/mol. The minimum absolute atomic E-state index is 0.0907. The summed E-state index contributed by atoms with van der Waals surface area (Å²) in [6, 6.07) is 12.5. The Bertz CT molecular complexity index is 1280. The molecule has 2 aromatic carbocycles. The number of hydrogen-bond donors (Lipinski definition) is 2. The third kappa shape index (κ3) is 8.23. The van der Waals surface area contributed by atoms with Crippen LogP contribution in [0.15, 0.2) is 53.1 Å². The van der Waals surface area contributed by atoms with E-state index in [0.29, 0.717) is 41.5 Å². The van der Waals surface area contributed by atoms with Crippen LogP contribution in [0.25, 0.3) is 11.1 Å². The van der Waals surface area contributed by atoms with Crippen LogP contribution in [0.4, 0.5) is 4.39 Å². The van der Waals surface area contributed by atoms with Gasteiger partial charge in [-0.15, -0.1) is 0 Å². The van der Waals surface area contributed by atoms with Crippen LogP contribution in [0.1, 0.15) is 16.1 Å². The largest absolute Gasteiger partial charge is 0.479 e. The van der Waals surface area contributed by atoms with Crippen molar-refractivity contribution in [3.63, 3.8) is 0 Å². The van der Waals surface area contributed by atoms with Crippen LogP contribution in [-0.2, 0) is 20.8 Å². The average Bonchev–Trinajstić information content (AvgIpc) is 3.45. The summed E-state index contributed by atoms with van der Waals surface area (Å²) in [4.78, 5) is 27.4. The predicted molar refractivity (Wildman–Crippen MR) is 142 cm³/mol. The van der Waals surface area contributed by atoms with E-state index < -0.39 is 23.8 Å². The molecule has 0 bridgehead atoms. The van der Waals surface area contributed by atoms with Gasteiger partial charge in [-0.3, -0.25) is 15.1 Å². The number of hydrazine groups is 1. The topological polar surface area (TPSA) is 127 Å². The lowest BCUT2D eigenvalue weighted by atomic mass is 10.0. The third-order valence-corrected chi connectivity index (χ3v) is 6.40. The van der Waals surface area contributed by atoms with Crippen molar-refractivity contribution in [3.8, 4) is 17.0 Å². The molecule has 40 heavy (non-hydrogen) atoms. The monoisotopic (exact) mass is 576 g/mol. The SMILES string of the molecule is COc1cc(C(=O)NN(Cc2ccc(-c3cc(Cl)ccc3F)cc2)CC(O)C(=O)OCCN2CCOCC2)on1. The van der Waals surface area contributed by atoms with Gasteiger partial charge in [0.25, 0.3) is 5.88 Å². The zero-order valence-electron chi connectivity index (χ0n) is 21.8. The Balaban J connectivity index is 1.41. The van der Waals surface area contributed by atoms with E-state index in [4.69, 9.17) is 30.3 Å². The minimum Gasteiger partial charge on any atom is -0.479 e. The molecule has 1 unspecified atom stereocenters. The molecule has 0 radical (unpaired) electrons. The Labute approximate surface area is 235 Å². The lowest BCUT2D eigenvalue weighted by Gasteiger charge is -2.27. The van der Waals surface area contributed by atoms with Gasteiger partial charge in [0.2, 0.25) is 5.76 Å². The summed E-state index contributed by atoms with van der Waals surface area (Å²) in [7, 11) is 1.38. The van der Waals surface area contributed by atoms with Crippen LogP contribution >= 0.6 is 11.6 Å². The first-order valence-electron chi connectivity index (χ1n) is 12.6. The number of carbonyl (C=O) groups excluding carboxylic acids is 2. The van der Waals surface area contributed by atoms with E-state index >= 15 is 0 Å². The molecule has 1 aliphatic heterocycles. The first-order valence-corrected chi connectivity index (χ1v) is 13.0. The maximum Gasteiger partial charge on any atom is 0.336 e. The molecular formula is C27H30ClFN4O7. The van der Waals surface area contributed by atoms with Crippen molar-refractivity contribution in [1.29, 1.82) is 0 Å². The van der Waals surface area contributed by atoms with Gasteiger partial charge in [0.05, 0.1) is 32.9 Å². The van der Waals surface area contributed by atoms with Gasteiger partial charge in [-0.1, -0.05) is 35.9 Å². The predicted octanol–water partition coefficient (Wildman–Crippen LogP) is 2.53. The van der Waals surface area contributed by atoms with Crippen molar-refractivity contribution in [2.45, 2.75) is 12.6 Å². The number of amides is 1. The minimum atomic E-state index is -1.55. The van der Waals surface area contributed by atoms with Gasteiger partial charge in [-0.2, -0.15) is 0 Å². The van der Waals surface area contributed by atoms with Gasteiger partial charge < -0.3 is 23.8 Å². The summed E-state index contributed by atoms with van der Waals surface area (Å²) < 4.78 is 34.8. The number of esters is 1. The second kappa shape index (κ2) is 14.2. The van der Waals surface area contributed by atoms with Crippen molar-refractivity contribution in [2.24, 2.45) is 0 Å². The van der Waals surface area contributed by atoms with Crippen molar-refractivity contribution >= 4 is 23.5 Å². The summed E-state index contributed by atoms with van der Waals surface area (Å²) in [6.07, 6.45) is -1.55. The first kappa shape index (κ1) is 29.4. The zero-order chi connectivity index (χ0) is 28.5. The highest BCUT2D eigenvalue weighted by Gasteiger charge is 2.24. The Morgan fingerprint density at radius 1 is 1.20 bits per heavy atom. The van der Waals surface area contributed by atoms with Gasteiger partial charge >= 0.3 is 11.9 Å². The second-order valence-corrected chi connectivity index (χ2v) is 9.45. The van der Waals surface area contributed by atoms with E-state index in [9.17, 15) is 19.1 Å². The van der Waals surface area contributed by atoms with E-state index in [2.05, 4.69) is 15.5 Å². The van der Waals surface area contributed by atoms with Crippen LogP contribution < -0.4 is 10.2 Å². The zero-order valence-corrected chi connectivity index (χ0v) is 22.6.